The van der Waals surface area contributed by atoms with Crippen LogP contribution in [0.1, 0.15) is 45.5 Å². The molecule has 0 unspecified atom stereocenters. The van der Waals surface area contributed by atoms with Crippen molar-refractivity contribution in [3.63, 3.8) is 0 Å². The number of rotatable bonds is 4. The monoisotopic (exact) mass is 492 g/mol. The second kappa shape index (κ2) is 8.07. The highest BCUT2D eigenvalue weighted by molar-refractivity contribution is 7.89. The van der Waals surface area contributed by atoms with Gasteiger partial charge in [-0.2, -0.15) is 4.31 Å². The summed E-state index contributed by atoms with van der Waals surface area (Å²) in [5, 5.41) is 0.903. The van der Waals surface area contributed by atoms with E-state index in [1.54, 1.807) is 4.90 Å². The Hall–Kier alpha value is -2.50. The highest BCUT2D eigenvalue weighted by atomic mass is 32.2. The molecule has 2 fully saturated rings. The van der Waals surface area contributed by atoms with Gasteiger partial charge in [-0.25, -0.2) is 27.2 Å². The van der Waals surface area contributed by atoms with Gasteiger partial charge in [0.2, 0.25) is 10.0 Å². The Bertz CT molecular complexity index is 1380. The third kappa shape index (κ3) is 3.91. The molecule has 2 aromatic heterocycles. The van der Waals surface area contributed by atoms with Crippen molar-refractivity contribution >= 4 is 37.5 Å². The first-order valence-corrected chi connectivity index (χ1v) is 12.9. The maximum Gasteiger partial charge on any atom is 0.264 e. The molecule has 1 aliphatic carbocycles. The number of benzene rings is 1. The van der Waals surface area contributed by atoms with Crippen molar-refractivity contribution in [3.05, 3.63) is 51.8 Å². The molecule has 0 N–H and O–H groups in total. The summed E-state index contributed by atoms with van der Waals surface area (Å²) in [6.07, 6.45) is 2.19. The van der Waals surface area contributed by atoms with Crippen LogP contribution in [0.2, 0.25) is 0 Å². The number of amides is 1. The van der Waals surface area contributed by atoms with Gasteiger partial charge >= 0.3 is 0 Å². The molecule has 0 radical (unpaired) electrons. The van der Waals surface area contributed by atoms with Gasteiger partial charge in [0, 0.05) is 43.5 Å². The third-order valence-electron chi connectivity index (χ3n) is 6.16. The van der Waals surface area contributed by atoms with E-state index < -0.39 is 26.6 Å². The van der Waals surface area contributed by atoms with Gasteiger partial charge in [0.05, 0.1) is 10.6 Å². The molecular weight excluding hydrogens is 470 g/mol. The van der Waals surface area contributed by atoms with Crippen LogP contribution in [0.15, 0.2) is 23.1 Å². The van der Waals surface area contributed by atoms with Crippen molar-refractivity contribution in [1.82, 2.24) is 19.2 Å². The third-order valence-corrected chi connectivity index (χ3v) is 9.27. The van der Waals surface area contributed by atoms with Gasteiger partial charge in [0.1, 0.15) is 27.2 Å². The fourth-order valence-corrected chi connectivity index (χ4v) is 6.86. The number of halogens is 2. The van der Waals surface area contributed by atoms with Crippen LogP contribution in [0.4, 0.5) is 8.78 Å². The second-order valence-corrected chi connectivity index (χ2v) is 11.4. The zero-order valence-corrected chi connectivity index (χ0v) is 19.8. The van der Waals surface area contributed by atoms with Crippen molar-refractivity contribution in [1.29, 1.82) is 0 Å². The lowest BCUT2D eigenvalue weighted by Gasteiger charge is -2.34. The first-order chi connectivity index (χ1) is 15.7. The Morgan fingerprint density at radius 2 is 1.79 bits per heavy atom. The van der Waals surface area contributed by atoms with Crippen LogP contribution in [0, 0.1) is 25.5 Å². The number of piperazine rings is 1. The van der Waals surface area contributed by atoms with Gasteiger partial charge in [-0.15, -0.1) is 11.3 Å². The molecule has 0 atom stereocenters. The van der Waals surface area contributed by atoms with Crippen LogP contribution in [0.5, 0.6) is 0 Å². The largest absolute Gasteiger partial charge is 0.335 e. The molecule has 7 nitrogen and oxygen atoms in total. The molecule has 0 spiro atoms. The van der Waals surface area contributed by atoms with Crippen molar-refractivity contribution in [2.24, 2.45) is 0 Å². The van der Waals surface area contributed by atoms with E-state index in [2.05, 4.69) is 9.97 Å². The summed E-state index contributed by atoms with van der Waals surface area (Å²) >= 11 is 1.35. The van der Waals surface area contributed by atoms with Crippen LogP contribution in [0.3, 0.4) is 0 Å². The molecule has 1 amide bonds. The Balaban J connectivity index is 1.35. The van der Waals surface area contributed by atoms with Crippen molar-refractivity contribution in [2.45, 2.75) is 37.5 Å². The number of aryl methyl sites for hydroxylation is 2. The topological polar surface area (TPSA) is 83.5 Å². The minimum Gasteiger partial charge on any atom is -0.335 e. The first kappa shape index (κ1) is 22.3. The molecule has 11 heteroatoms. The van der Waals surface area contributed by atoms with Gasteiger partial charge in [-0.1, -0.05) is 0 Å². The van der Waals surface area contributed by atoms with Gasteiger partial charge in [0.15, 0.2) is 0 Å². The molecule has 3 aromatic rings. The van der Waals surface area contributed by atoms with E-state index in [1.807, 2.05) is 13.8 Å². The van der Waals surface area contributed by atoms with E-state index >= 15 is 0 Å². The maximum atomic E-state index is 14.1. The molecule has 1 aromatic carbocycles. The number of carbonyl (C=O) groups is 1. The van der Waals surface area contributed by atoms with E-state index in [-0.39, 0.29) is 32.1 Å². The molecule has 5 rings (SSSR count). The average molecular weight is 493 g/mol. The van der Waals surface area contributed by atoms with Crippen LogP contribution in [-0.2, 0) is 10.0 Å². The second-order valence-electron chi connectivity index (χ2n) is 8.45. The van der Waals surface area contributed by atoms with Crippen LogP contribution in [-0.4, -0.2) is 59.7 Å². The SMILES string of the molecule is Cc1nc(C2CC2)nc2sc(C(=O)N3CCN(S(=O)(=O)c4ccc(F)cc4F)CC3)c(C)c12. The number of sulfonamides is 1. The van der Waals surface area contributed by atoms with E-state index in [1.165, 1.54) is 11.3 Å². The molecule has 3 heterocycles. The molecule has 1 aliphatic heterocycles. The van der Waals surface area contributed by atoms with Crippen LogP contribution >= 0.6 is 11.3 Å². The Morgan fingerprint density at radius 3 is 2.42 bits per heavy atom. The Labute approximate surface area is 194 Å². The van der Waals surface area contributed by atoms with Gasteiger partial charge in [-0.05, 0) is 44.4 Å². The number of thiophene rings is 1. The zero-order chi connectivity index (χ0) is 23.5. The van der Waals surface area contributed by atoms with E-state index in [0.717, 1.165) is 56.6 Å². The lowest BCUT2D eigenvalue weighted by Crippen LogP contribution is -2.50. The summed E-state index contributed by atoms with van der Waals surface area (Å²) < 4.78 is 54.0. The summed E-state index contributed by atoms with van der Waals surface area (Å²) in [6, 6.07) is 2.40. The molecule has 33 heavy (non-hydrogen) atoms. The van der Waals surface area contributed by atoms with E-state index in [4.69, 9.17) is 0 Å². The summed E-state index contributed by atoms with van der Waals surface area (Å²) in [5.74, 6) is -0.892. The Kier molecular flexibility index (Phi) is 5.45. The first-order valence-electron chi connectivity index (χ1n) is 10.7. The van der Waals surface area contributed by atoms with Gasteiger partial charge < -0.3 is 4.90 Å². The normalized spacial score (nSPS) is 17.6. The smallest absolute Gasteiger partial charge is 0.264 e. The fraction of sp³-hybridized carbons (Fsp3) is 0.409. The predicted molar refractivity (Wildman–Crippen MR) is 120 cm³/mol. The van der Waals surface area contributed by atoms with E-state index in [0.29, 0.717) is 16.9 Å². The number of aromatic nitrogens is 2. The van der Waals surface area contributed by atoms with Gasteiger partial charge in [-0.3, -0.25) is 4.79 Å². The standard InChI is InChI=1S/C22H22F2N4O3S2/c1-12-18-13(2)25-20(14-3-4-14)26-21(18)32-19(12)22(29)27-7-9-28(10-8-27)33(30,31)17-6-5-15(23)11-16(17)24/h5-6,11,14H,3-4,7-10H2,1-2H3. The average Bonchev–Trinajstić information content (AvgIpc) is 3.56. The minimum atomic E-state index is -4.13. The fourth-order valence-electron chi connectivity index (χ4n) is 4.19. The summed E-state index contributed by atoms with van der Waals surface area (Å²) in [5.41, 5.74) is 1.70. The lowest BCUT2D eigenvalue weighted by molar-refractivity contribution is 0.0702. The number of hydrogen-bond donors (Lipinski definition) is 0. The quantitative estimate of drug-likeness (QED) is 0.556. The van der Waals surface area contributed by atoms with Crippen molar-refractivity contribution < 1.29 is 22.0 Å². The van der Waals surface area contributed by atoms with Crippen LogP contribution < -0.4 is 0 Å². The molecule has 174 valence electrons. The van der Waals surface area contributed by atoms with Crippen molar-refractivity contribution in [3.8, 4) is 0 Å². The molecule has 0 bridgehead atoms. The minimum absolute atomic E-state index is 0.0273. The van der Waals surface area contributed by atoms with Gasteiger partial charge in [0.25, 0.3) is 5.91 Å². The molecule has 1 saturated heterocycles. The predicted octanol–water partition coefficient (Wildman–Crippen LogP) is 3.61. The van der Waals surface area contributed by atoms with E-state index in [9.17, 15) is 22.0 Å². The summed E-state index contributed by atoms with van der Waals surface area (Å²) in [7, 11) is -4.13. The molecule has 2 aliphatic rings. The number of fused-ring (bicyclic) bond motifs is 1. The lowest BCUT2D eigenvalue weighted by atomic mass is 10.1. The molecular formula is C22H22F2N4O3S2. The van der Waals surface area contributed by atoms with Crippen LogP contribution in [0.25, 0.3) is 10.2 Å². The highest BCUT2D eigenvalue weighted by Crippen LogP contribution is 2.40. The number of nitrogens with zero attached hydrogens (tertiary/aromatic N) is 4. The maximum absolute atomic E-state index is 14.1. The highest BCUT2D eigenvalue weighted by Gasteiger charge is 2.34. The summed E-state index contributed by atoms with van der Waals surface area (Å²) in [6.45, 7) is 4.22. The number of hydrogen-bond acceptors (Lipinski definition) is 6. The molecule has 1 saturated carbocycles. The zero-order valence-electron chi connectivity index (χ0n) is 18.1. The summed E-state index contributed by atoms with van der Waals surface area (Å²) in [4.78, 5) is 25.0. The Morgan fingerprint density at radius 1 is 1.09 bits per heavy atom. The number of carbonyl (C=O) groups excluding carboxylic acids is 1. The van der Waals surface area contributed by atoms with Crippen molar-refractivity contribution in [2.75, 3.05) is 26.2 Å².